The molecule has 0 saturated heterocycles. The number of aryl methyl sites for hydroxylation is 2. The predicted molar refractivity (Wildman–Crippen MR) is 85.0 cm³/mol. The molecular formula is C16H19N5O2. The molecule has 3 rings (SSSR count). The molecule has 2 aromatic rings. The first-order valence-corrected chi connectivity index (χ1v) is 7.56. The minimum atomic E-state index is -0.300. The highest BCUT2D eigenvalue weighted by molar-refractivity contribution is 5.91. The van der Waals surface area contributed by atoms with Crippen LogP contribution in [0.1, 0.15) is 32.9 Å². The fourth-order valence-electron chi connectivity index (χ4n) is 2.76. The number of fused-ring (bicyclic) bond motifs is 1. The van der Waals surface area contributed by atoms with Crippen molar-refractivity contribution in [2.24, 2.45) is 7.05 Å². The largest absolute Gasteiger partial charge is 0.346 e. The minimum absolute atomic E-state index is 0.226. The van der Waals surface area contributed by atoms with Crippen LogP contribution >= 0.6 is 0 Å². The van der Waals surface area contributed by atoms with E-state index < -0.39 is 0 Å². The van der Waals surface area contributed by atoms with E-state index in [1.165, 1.54) is 30.3 Å². The second-order valence-electron chi connectivity index (χ2n) is 5.62. The van der Waals surface area contributed by atoms with Crippen molar-refractivity contribution >= 4 is 5.91 Å². The highest BCUT2D eigenvalue weighted by Crippen LogP contribution is 2.20. The summed E-state index contributed by atoms with van der Waals surface area (Å²) in [6.45, 7) is 4.10. The van der Waals surface area contributed by atoms with Gasteiger partial charge in [-0.05, 0) is 42.6 Å². The number of nitrogens with one attached hydrogen (secondary N) is 2. The van der Waals surface area contributed by atoms with E-state index in [0.717, 1.165) is 35.4 Å². The van der Waals surface area contributed by atoms with Crippen molar-refractivity contribution in [3.05, 3.63) is 56.8 Å². The number of carbonyl (C=O) groups excluding carboxylic acids is 1. The van der Waals surface area contributed by atoms with Gasteiger partial charge in [-0.2, -0.15) is 5.10 Å². The molecule has 1 aliphatic heterocycles. The summed E-state index contributed by atoms with van der Waals surface area (Å²) in [5, 5.41) is 10.2. The van der Waals surface area contributed by atoms with Gasteiger partial charge in [-0.25, -0.2) is 4.68 Å². The average molecular weight is 313 g/mol. The van der Waals surface area contributed by atoms with Crippen LogP contribution in [-0.2, 0) is 26.6 Å². The average Bonchev–Trinajstić information content (AvgIpc) is 2.56. The third kappa shape index (κ3) is 3.14. The second-order valence-corrected chi connectivity index (χ2v) is 5.62. The molecule has 0 aliphatic carbocycles. The number of rotatable bonds is 3. The molecule has 0 fully saturated rings. The predicted octanol–water partition coefficient (Wildman–Crippen LogP) is 0.0594. The Hall–Kier alpha value is -2.54. The molecule has 0 unspecified atom stereocenters. The van der Waals surface area contributed by atoms with Crippen LogP contribution in [0.2, 0.25) is 0 Å². The second kappa shape index (κ2) is 6.29. The molecule has 3 heterocycles. The first-order valence-electron chi connectivity index (χ1n) is 7.56. The van der Waals surface area contributed by atoms with Crippen molar-refractivity contribution in [2.75, 3.05) is 6.54 Å². The van der Waals surface area contributed by atoms with E-state index in [-0.39, 0.29) is 17.2 Å². The Morgan fingerprint density at radius 1 is 1.43 bits per heavy atom. The molecule has 120 valence electrons. The van der Waals surface area contributed by atoms with Gasteiger partial charge < -0.3 is 10.6 Å². The van der Waals surface area contributed by atoms with E-state index in [1.807, 2.05) is 13.1 Å². The zero-order valence-corrected chi connectivity index (χ0v) is 13.2. The molecule has 7 nitrogen and oxygen atoms in total. The molecular weight excluding hydrogens is 294 g/mol. The first-order chi connectivity index (χ1) is 11.1. The molecule has 0 radical (unpaired) electrons. The third-order valence-corrected chi connectivity index (χ3v) is 4.09. The molecule has 0 atom stereocenters. The van der Waals surface area contributed by atoms with Crippen LogP contribution in [0, 0.1) is 6.92 Å². The van der Waals surface area contributed by atoms with Gasteiger partial charge in [0, 0.05) is 38.1 Å². The lowest BCUT2D eigenvalue weighted by Gasteiger charge is -2.21. The van der Waals surface area contributed by atoms with Crippen LogP contribution in [0.3, 0.4) is 0 Å². The van der Waals surface area contributed by atoms with Gasteiger partial charge in [0.05, 0.1) is 0 Å². The number of pyridine rings is 1. The van der Waals surface area contributed by atoms with Gasteiger partial charge in [0.15, 0.2) is 0 Å². The number of amides is 1. The topological polar surface area (TPSA) is 88.9 Å². The lowest BCUT2D eigenvalue weighted by atomic mass is 9.96. The quantitative estimate of drug-likeness (QED) is 0.836. The van der Waals surface area contributed by atoms with Gasteiger partial charge >= 0.3 is 0 Å². The van der Waals surface area contributed by atoms with Gasteiger partial charge in [0.2, 0.25) is 0 Å². The molecule has 0 bridgehead atoms. The Morgan fingerprint density at radius 3 is 3.04 bits per heavy atom. The van der Waals surface area contributed by atoms with Crippen LogP contribution in [0.15, 0.2) is 23.1 Å². The van der Waals surface area contributed by atoms with Crippen LogP contribution in [0.5, 0.6) is 0 Å². The number of hydrogen-bond acceptors (Lipinski definition) is 5. The standard InChI is InChI=1S/C16H19N5O2/c1-10-13(12-5-6-17-7-11(12)8-18-10)9-19-16(23)14-3-4-15(22)21(2)20-14/h3-4,8,17H,5-7,9H2,1-2H3,(H,19,23). The SMILES string of the molecule is Cc1ncc2c(c1CNC(=O)c1ccc(=O)n(C)n1)CCNC2. The van der Waals surface area contributed by atoms with Crippen molar-refractivity contribution in [3.8, 4) is 0 Å². The van der Waals surface area contributed by atoms with E-state index in [1.54, 1.807) is 0 Å². The highest BCUT2D eigenvalue weighted by atomic mass is 16.2. The zero-order chi connectivity index (χ0) is 16.4. The van der Waals surface area contributed by atoms with Gasteiger partial charge in [-0.15, -0.1) is 0 Å². The van der Waals surface area contributed by atoms with Crippen molar-refractivity contribution in [1.82, 2.24) is 25.4 Å². The fraction of sp³-hybridized carbons (Fsp3) is 0.375. The van der Waals surface area contributed by atoms with Crippen molar-refractivity contribution in [2.45, 2.75) is 26.4 Å². The molecule has 0 aromatic carbocycles. The van der Waals surface area contributed by atoms with Gasteiger partial charge in [-0.1, -0.05) is 0 Å². The van der Waals surface area contributed by atoms with Crippen molar-refractivity contribution in [3.63, 3.8) is 0 Å². The number of carbonyl (C=O) groups is 1. The summed E-state index contributed by atoms with van der Waals surface area (Å²) in [6, 6.07) is 2.78. The van der Waals surface area contributed by atoms with Crippen molar-refractivity contribution in [1.29, 1.82) is 0 Å². The molecule has 2 aromatic heterocycles. The summed E-state index contributed by atoms with van der Waals surface area (Å²) in [7, 11) is 1.52. The van der Waals surface area contributed by atoms with E-state index >= 15 is 0 Å². The van der Waals surface area contributed by atoms with Gasteiger partial charge in [0.1, 0.15) is 5.69 Å². The van der Waals surface area contributed by atoms with Gasteiger partial charge in [0.25, 0.3) is 11.5 Å². The lowest BCUT2D eigenvalue weighted by molar-refractivity contribution is 0.0943. The first kappa shape index (κ1) is 15.4. The maximum absolute atomic E-state index is 12.2. The molecule has 2 N–H and O–H groups in total. The van der Waals surface area contributed by atoms with Crippen LogP contribution in [-0.4, -0.2) is 27.2 Å². The van der Waals surface area contributed by atoms with E-state index in [0.29, 0.717) is 6.54 Å². The number of nitrogens with zero attached hydrogens (tertiary/aromatic N) is 3. The lowest BCUT2D eigenvalue weighted by Crippen LogP contribution is -2.30. The summed E-state index contributed by atoms with van der Waals surface area (Å²) in [4.78, 5) is 28.0. The molecule has 7 heteroatoms. The summed E-state index contributed by atoms with van der Waals surface area (Å²) in [6.07, 6.45) is 2.83. The normalized spacial score (nSPS) is 13.5. The Morgan fingerprint density at radius 2 is 2.26 bits per heavy atom. The molecule has 1 aliphatic rings. The molecule has 1 amide bonds. The Balaban J connectivity index is 1.79. The smallest absolute Gasteiger partial charge is 0.271 e. The third-order valence-electron chi connectivity index (χ3n) is 4.09. The van der Waals surface area contributed by atoms with E-state index in [2.05, 4.69) is 20.7 Å². The number of aromatic nitrogens is 3. The maximum Gasteiger partial charge on any atom is 0.271 e. The summed E-state index contributed by atoms with van der Waals surface area (Å²) in [5.74, 6) is -0.300. The fourth-order valence-corrected chi connectivity index (χ4v) is 2.76. The van der Waals surface area contributed by atoms with Crippen molar-refractivity contribution < 1.29 is 4.79 Å². The monoisotopic (exact) mass is 313 g/mol. The molecule has 0 spiro atoms. The summed E-state index contributed by atoms with van der Waals surface area (Å²) < 4.78 is 1.15. The Bertz CT molecular complexity index is 813. The van der Waals surface area contributed by atoms with E-state index in [4.69, 9.17) is 0 Å². The highest BCUT2D eigenvalue weighted by Gasteiger charge is 2.17. The minimum Gasteiger partial charge on any atom is -0.346 e. The zero-order valence-electron chi connectivity index (χ0n) is 13.2. The molecule has 23 heavy (non-hydrogen) atoms. The van der Waals surface area contributed by atoms with Gasteiger partial charge in [-0.3, -0.25) is 14.6 Å². The van der Waals surface area contributed by atoms with Crippen LogP contribution in [0.4, 0.5) is 0 Å². The van der Waals surface area contributed by atoms with E-state index in [9.17, 15) is 9.59 Å². The molecule has 0 saturated carbocycles. The maximum atomic E-state index is 12.2. The van der Waals surface area contributed by atoms with Crippen LogP contribution in [0.25, 0.3) is 0 Å². The number of hydrogen-bond donors (Lipinski definition) is 2. The summed E-state index contributed by atoms with van der Waals surface area (Å²) >= 11 is 0. The summed E-state index contributed by atoms with van der Waals surface area (Å²) in [5.41, 5.74) is 4.44. The Labute approximate surface area is 133 Å². The van der Waals surface area contributed by atoms with Crippen LogP contribution < -0.4 is 16.2 Å². The Kier molecular flexibility index (Phi) is 4.20.